The molecule has 3 aromatic rings. The van der Waals surface area contributed by atoms with Crippen LogP contribution in [0.2, 0.25) is 5.02 Å². The summed E-state index contributed by atoms with van der Waals surface area (Å²) in [5, 5.41) is 10.1. The Kier molecular flexibility index (Phi) is 9.15. The van der Waals surface area contributed by atoms with E-state index in [2.05, 4.69) is 5.32 Å². The number of thiophene rings is 1. The van der Waals surface area contributed by atoms with Crippen molar-refractivity contribution in [1.82, 2.24) is 5.32 Å². The first-order valence-corrected chi connectivity index (χ1v) is 13.6. The lowest BCUT2D eigenvalue weighted by molar-refractivity contribution is -0.125. The van der Waals surface area contributed by atoms with Gasteiger partial charge in [0.25, 0.3) is 0 Å². The van der Waals surface area contributed by atoms with Crippen LogP contribution in [0.15, 0.2) is 64.9 Å². The van der Waals surface area contributed by atoms with Crippen LogP contribution in [0.4, 0.5) is 5.69 Å². The SMILES string of the molecule is COc1ccc(N(C(=O)CCl)[C@H](C(=O)NCCc2ccc(S(N)(=O)=O)cc2)c2cccs2)cc1Cl. The van der Waals surface area contributed by atoms with Gasteiger partial charge < -0.3 is 10.1 Å². The summed E-state index contributed by atoms with van der Waals surface area (Å²) in [5.41, 5.74) is 1.20. The maximum absolute atomic E-state index is 13.4. The molecular formula is C23H23Cl2N3O5S2. The van der Waals surface area contributed by atoms with E-state index < -0.39 is 27.9 Å². The first-order valence-electron chi connectivity index (χ1n) is 10.3. The van der Waals surface area contributed by atoms with Crippen LogP contribution in [0, 0.1) is 0 Å². The number of alkyl halides is 1. The Bertz CT molecular complexity index is 1280. The predicted molar refractivity (Wildman–Crippen MR) is 138 cm³/mol. The van der Waals surface area contributed by atoms with Gasteiger partial charge >= 0.3 is 0 Å². The molecule has 3 rings (SSSR count). The Labute approximate surface area is 217 Å². The highest BCUT2D eigenvalue weighted by molar-refractivity contribution is 7.89. The van der Waals surface area contributed by atoms with E-state index in [0.29, 0.717) is 22.7 Å². The van der Waals surface area contributed by atoms with Gasteiger partial charge in [-0.3, -0.25) is 14.5 Å². The Hall–Kier alpha value is -2.63. The van der Waals surface area contributed by atoms with Gasteiger partial charge in [0.2, 0.25) is 21.8 Å². The summed E-state index contributed by atoms with van der Waals surface area (Å²) in [4.78, 5) is 28.3. The van der Waals surface area contributed by atoms with Crippen molar-refractivity contribution in [2.75, 3.05) is 24.4 Å². The van der Waals surface area contributed by atoms with E-state index in [1.807, 2.05) is 5.38 Å². The van der Waals surface area contributed by atoms with Crippen molar-refractivity contribution < 1.29 is 22.7 Å². The second-order valence-electron chi connectivity index (χ2n) is 7.36. The number of carbonyl (C=O) groups is 2. The molecule has 0 aliphatic carbocycles. The Morgan fingerprint density at radius 3 is 2.43 bits per heavy atom. The van der Waals surface area contributed by atoms with Gasteiger partial charge in [-0.05, 0) is 53.8 Å². The van der Waals surface area contributed by atoms with Crippen molar-refractivity contribution in [3.63, 3.8) is 0 Å². The molecule has 12 heteroatoms. The summed E-state index contributed by atoms with van der Waals surface area (Å²) in [6.45, 7) is 0.252. The van der Waals surface area contributed by atoms with Crippen LogP contribution in [0.25, 0.3) is 0 Å². The van der Waals surface area contributed by atoms with Crippen LogP contribution < -0.4 is 20.1 Å². The zero-order chi connectivity index (χ0) is 25.6. The van der Waals surface area contributed by atoms with Crippen molar-refractivity contribution >= 4 is 62.1 Å². The predicted octanol–water partition coefficient (Wildman–Crippen LogP) is 3.73. The zero-order valence-corrected chi connectivity index (χ0v) is 21.8. The third kappa shape index (κ3) is 6.74. The molecule has 1 heterocycles. The Morgan fingerprint density at radius 2 is 1.89 bits per heavy atom. The molecule has 0 aliphatic heterocycles. The lowest BCUT2D eigenvalue weighted by Crippen LogP contribution is -2.44. The highest BCUT2D eigenvalue weighted by Gasteiger charge is 2.33. The summed E-state index contributed by atoms with van der Waals surface area (Å²) >= 11 is 13.5. The van der Waals surface area contributed by atoms with Crippen molar-refractivity contribution in [2.45, 2.75) is 17.4 Å². The number of nitrogens with two attached hydrogens (primary N) is 1. The van der Waals surface area contributed by atoms with E-state index in [0.717, 1.165) is 5.56 Å². The second-order valence-corrected chi connectivity index (χ2v) is 10.6. The highest BCUT2D eigenvalue weighted by atomic mass is 35.5. The summed E-state index contributed by atoms with van der Waals surface area (Å²) in [6, 6.07) is 13.5. The summed E-state index contributed by atoms with van der Waals surface area (Å²) < 4.78 is 28.0. The number of ether oxygens (including phenoxy) is 1. The van der Waals surface area contributed by atoms with Crippen LogP contribution in [0.5, 0.6) is 5.75 Å². The molecule has 0 fully saturated rings. The fourth-order valence-electron chi connectivity index (χ4n) is 3.40. The minimum absolute atomic E-state index is 0.0106. The molecule has 0 unspecified atom stereocenters. The van der Waals surface area contributed by atoms with Gasteiger partial charge in [0, 0.05) is 17.1 Å². The van der Waals surface area contributed by atoms with Crippen LogP contribution >= 0.6 is 34.5 Å². The fourth-order valence-corrected chi connectivity index (χ4v) is 5.11. The standard InChI is InChI=1S/C23H23Cl2N3O5S2/c1-33-19-9-6-16(13-18(19)25)28(21(29)14-24)22(20-3-2-12-34-20)23(30)27-11-10-15-4-7-17(8-5-15)35(26,31)32/h2-9,12-13,22H,10-11,14H2,1H3,(H,27,30)(H2,26,31,32)/t22-/m0/s1. The molecule has 35 heavy (non-hydrogen) atoms. The number of benzene rings is 2. The van der Waals surface area contributed by atoms with Gasteiger partial charge in [-0.25, -0.2) is 13.6 Å². The molecule has 2 aromatic carbocycles. The summed E-state index contributed by atoms with van der Waals surface area (Å²) in [5.74, 6) is -0.784. The number of hydrogen-bond donors (Lipinski definition) is 2. The van der Waals surface area contributed by atoms with Gasteiger partial charge in [-0.15, -0.1) is 22.9 Å². The monoisotopic (exact) mass is 555 g/mol. The number of sulfonamides is 1. The number of nitrogens with one attached hydrogen (secondary N) is 1. The van der Waals surface area contributed by atoms with Crippen molar-refractivity contribution in [1.29, 1.82) is 0 Å². The number of carbonyl (C=O) groups excluding carboxylic acids is 2. The van der Waals surface area contributed by atoms with Crippen molar-refractivity contribution in [3.05, 3.63) is 75.4 Å². The number of rotatable bonds is 10. The Balaban J connectivity index is 1.83. The topological polar surface area (TPSA) is 119 Å². The third-order valence-corrected chi connectivity index (χ3v) is 7.46. The van der Waals surface area contributed by atoms with Crippen LogP contribution in [0.1, 0.15) is 16.5 Å². The van der Waals surface area contributed by atoms with Crippen molar-refractivity contribution in [3.8, 4) is 5.75 Å². The zero-order valence-electron chi connectivity index (χ0n) is 18.6. The maximum atomic E-state index is 13.4. The minimum Gasteiger partial charge on any atom is -0.495 e. The number of hydrogen-bond acceptors (Lipinski definition) is 6. The number of halogens is 2. The summed E-state index contributed by atoms with van der Waals surface area (Å²) in [7, 11) is -2.30. The molecule has 186 valence electrons. The molecule has 1 aromatic heterocycles. The molecule has 0 radical (unpaired) electrons. The molecule has 0 saturated heterocycles. The number of nitrogens with zero attached hydrogens (tertiary/aromatic N) is 1. The number of primary sulfonamides is 1. The van der Waals surface area contributed by atoms with E-state index in [1.54, 1.807) is 42.5 Å². The van der Waals surface area contributed by atoms with Gasteiger partial charge in [0.15, 0.2) is 0 Å². The average molecular weight is 556 g/mol. The molecule has 8 nitrogen and oxygen atoms in total. The van der Waals surface area contributed by atoms with E-state index in [-0.39, 0.29) is 22.3 Å². The minimum atomic E-state index is -3.78. The molecule has 2 amide bonds. The Morgan fingerprint density at radius 1 is 1.17 bits per heavy atom. The second kappa shape index (κ2) is 11.9. The molecule has 0 spiro atoms. The lowest BCUT2D eigenvalue weighted by atomic mass is 10.1. The van der Waals surface area contributed by atoms with E-state index in [4.69, 9.17) is 33.1 Å². The molecule has 0 bridgehead atoms. The molecule has 1 atom stereocenters. The van der Waals surface area contributed by atoms with Crippen LogP contribution in [0.3, 0.4) is 0 Å². The van der Waals surface area contributed by atoms with Crippen LogP contribution in [-0.2, 0) is 26.0 Å². The van der Waals surface area contributed by atoms with Gasteiger partial charge in [0.1, 0.15) is 17.7 Å². The van der Waals surface area contributed by atoms with Crippen molar-refractivity contribution in [2.24, 2.45) is 5.14 Å². The first-order chi connectivity index (χ1) is 16.7. The average Bonchev–Trinajstić information content (AvgIpc) is 3.36. The lowest BCUT2D eigenvalue weighted by Gasteiger charge is -2.30. The number of methoxy groups -OCH3 is 1. The molecule has 0 saturated carbocycles. The number of amides is 2. The smallest absolute Gasteiger partial charge is 0.248 e. The summed E-state index contributed by atoms with van der Waals surface area (Å²) in [6.07, 6.45) is 0.436. The highest BCUT2D eigenvalue weighted by Crippen LogP contribution is 2.35. The number of anilines is 1. The molecule has 0 aliphatic rings. The third-order valence-electron chi connectivity index (χ3n) is 5.08. The van der Waals surface area contributed by atoms with Gasteiger partial charge in [-0.1, -0.05) is 29.8 Å². The van der Waals surface area contributed by atoms with E-state index in [9.17, 15) is 18.0 Å². The quantitative estimate of drug-likeness (QED) is 0.369. The van der Waals surface area contributed by atoms with E-state index >= 15 is 0 Å². The first kappa shape index (κ1) is 27.0. The maximum Gasteiger partial charge on any atom is 0.248 e. The largest absolute Gasteiger partial charge is 0.495 e. The van der Waals surface area contributed by atoms with Gasteiger partial charge in [-0.2, -0.15) is 0 Å². The molecule has 3 N–H and O–H groups in total. The molecular weight excluding hydrogens is 533 g/mol. The fraction of sp³-hybridized carbons (Fsp3) is 0.217. The van der Waals surface area contributed by atoms with E-state index in [1.165, 1.54) is 35.5 Å². The van der Waals surface area contributed by atoms with Crippen LogP contribution in [-0.4, -0.2) is 39.8 Å². The van der Waals surface area contributed by atoms with Gasteiger partial charge in [0.05, 0.1) is 17.0 Å². The normalized spacial score (nSPS) is 12.1.